The van der Waals surface area contributed by atoms with Gasteiger partial charge in [-0.05, 0) is 51.7 Å². The van der Waals surface area contributed by atoms with E-state index >= 15 is 0 Å². The molecule has 1 aliphatic heterocycles. The van der Waals surface area contributed by atoms with Gasteiger partial charge in [-0.3, -0.25) is 9.69 Å². The van der Waals surface area contributed by atoms with Gasteiger partial charge in [0.1, 0.15) is 0 Å². The van der Waals surface area contributed by atoms with Gasteiger partial charge in [0.05, 0.1) is 6.54 Å². The summed E-state index contributed by atoms with van der Waals surface area (Å²) in [4.78, 5) is 15.1. The van der Waals surface area contributed by atoms with Crippen LogP contribution in [-0.2, 0) is 4.79 Å². The molecule has 0 aromatic carbocycles. The number of carboxylic acids is 1. The highest BCUT2D eigenvalue weighted by atomic mass is 16.4. The molecule has 1 aliphatic carbocycles. The summed E-state index contributed by atoms with van der Waals surface area (Å²) in [5, 5.41) is 8.71. The highest BCUT2D eigenvalue weighted by molar-refractivity contribution is 5.69. The Balaban J connectivity index is 1.66. The lowest BCUT2D eigenvalue weighted by molar-refractivity contribution is -0.138. The van der Waals surface area contributed by atoms with Crippen LogP contribution in [0.15, 0.2) is 0 Å². The second-order valence-corrected chi connectivity index (χ2v) is 5.28. The molecule has 2 rings (SSSR count). The van der Waals surface area contributed by atoms with E-state index in [1.54, 1.807) is 0 Å². The van der Waals surface area contributed by atoms with Gasteiger partial charge in [0.25, 0.3) is 0 Å². The summed E-state index contributed by atoms with van der Waals surface area (Å²) in [6, 6.07) is 0.844. The maximum atomic E-state index is 10.6. The molecule has 1 N–H and O–H groups in total. The minimum absolute atomic E-state index is 0.213. The van der Waals surface area contributed by atoms with Gasteiger partial charge >= 0.3 is 5.97 Å². The molecule has 92 valence electrons. The van der Waals surface area contributed by atoms with Crippen LogP contribution < -0.4 is 0 Å². The van der Waals surface area contributed by atoms with Crippen LogP contribution in [0.25, 0.3) is 0 Å². The zero-order chi connectivity index (χ0) is 11.5. The van der Waals surface area contributed by atoms with Crippen LogP contribution >= 0.6 is 0 Å². The summed E-state index contributed by atoms with van der Waals surface area (Å²) < 4.78 is 0. The highest BCUT2D eigenvalue weighted by Gasteiger charge is 2.29. The van der Waals surface area contributed by atoms with Crippen LogP contribution in [0.1, 0.15) is 25.7 Å². The van der Waals surface area contributed by atoms with Crippen molar-refractivity contribution in [1.29, 1.82) is 0 Å². The Hall–Kier alpha value is -0.610. The SMILES string of the molecule is CN(CC1CCN(CC(=O)O)CC1)C1CC1. The van der Waals surface area contributed by atoms with Gasteiger partial charge in [-0.25, -0.2) is 0 Å². The van der Waals surface area contributed by atoms with Crippen LogP contribution in [0.2, 0.25) is 0 Å². The van der Waals surface area contributed by atoms with Crippen molar-refractivity contribution in [3.63, 3.8) is 0 Å². The number of carbonyl (C=O) groups is 1. The third kappa shape index (κ3) is 3.46. The first-order valence-corrected chi connectivity index (χ1v) is 6.29. The van der Waals surface area contributed by atoms with Gasteiger partial charge in [-0.15, -0.1) is 0 Å². The molecule has 4 nitrogen and oxygen atoms in total. The molecular weight excluding hydrogens is 204 g/mol. The van der Waals surface area contributed by atoms with E-state index in [2.05, 4.69) is 16.8 Å². The Morgan fingerprint density at radius 3 is 2.44 bits per heavy atom. The zero-order valence-electron chi connectivity index (χ0n) is 10.1. The van der Waals surface area contributed by atoms with Crippen molar-refractivity contribution in [1.82, 2.24) is 9.80 Å². The number of hydrogen-bond donors (Lipinski definition) is 1. The van der Waals surface area contributed by atoms with E-state index in [0.717, 1.165) is 37.9 Å². The Kier molecular flexibility index (Phi) is 3.82. The number of hydrogen-bond acceptors (Lipinski definition) is 3. The Bertz CT molecular complexity index is 245. The summed E-state index contributed by atoms with van der Waals surface area (Å²) in [6.45, 7) is 3.32. The number of carboxylic acid groups (broad SMARTS) is 1. The van der Waals surface area contributed by atoms with Crippen LogP contribution in [0, 0.1) is 5.92 Å². The standard InChI is InChI=1S/C12H22N2O2/c1-13(11-2-3-11)8-10-4-6-14(7-5-10)9-12(15)16/h10-11H,2-9H2,1H3,(H,15,16). The molecule has 0 bridgehead atoms. The summed E-state index contributed by atoms with van der Waals surface area (Å²) in [5.41, 5.74) is 0. The van der Waals surface area contributed by atoms with E-state index in [9.17, 15) is 4.79 Å². The average Bonchev–Trinajstić information content (AvgIpc) is 3.03. The smallest absolute Gasteiger partial charge is 0.317 e. The van der Waals surface area contributed by atoms with E-state index in [1.807, 2.05) is 0 Å². The number of nitrogens with zero attached hydrogens (tertiary/aromatic N) is 2. The van der Waals surface area contributed by atoms with E-state index in [0.29, 0.717) is 0 Å². The van der Waals surface area contributed by atoms with Crippen molar-refractivity contribution in [3.05, 3.63) is 0 Å². The number of rotatable bonds is 5. The first-order chi connectivity index (χ1) is 7.65. The zero-order valence-corrected chi connectivity index (χ0v) is 10.1. The van der Waals surface area contributed by atoms with Crippen molar-refractivity contribution in [2.24, 2.45) is 5.92 Å². The number of likely N-dealkylation sites (tertiary alicyclic amines) is 1. The molecule has 4 heteroatoms. The van der Waals surface area contributed by atoms with Gasteiger partial charge < -0.3 is 10.0 Å². The Morgan fingerprint density at radius 2 is 1.94 bits per heavy atom. The molecule has 1 heterocycles. The summed E-state index contributed by atoms with van der Waals surface area (Å²) >= 11 is 0. The average molecular weight is 226 g/mol. The van der Waals surface area contributed by atoms with Crippen LogP contribution in [0.5, 0.6) is 0 Å². The van der Waals surface area contributed by atoms with Gasteiger partial charge in [-0.2, -0.15) is 0 Å². The lowest BCUT2D eigenvalue weighted by Crippen LogP contribution is -2.40. The predicted molar refractivity (Wildman–Crippen MR) is 62.5 cm³/mol. The summed E-state index contributed by atoms with van der Waals surface area (Å²) in [6.07, 6.45) is 5.05. The summed E-state index contributed by atoms with van der Waals surface area (Å²) in [7, 11) is 2.22. The minimum Gasteiger partial charge on any atom is -0.480 e. The molecule has 0 unspecified atom stereocenters. The van der Waals surface area contributed by atoms with Crippen molar-refractivity contribution < 1.29 is 9.90 Å². The number of aliphatic carboxylic acids is 1. The van der Waals surface area contributed by atoms with E-state index < -0.39 is 5.97 Å². The normalized spacial score (nSPS) is 23.9. The van der Waals surface area contributed by atoms with Crippen LogP contribution in [0.4, 0.5) is 0 Å². The van der Waals surface area contributed by atoms with Crippen molar-refractivity contribution in [2.75, 3.05) is 33.2 Å². The molecule has 16 heavy (non-hydrogen) atoms. The topological polar surface area (TPSA) is 43.8 Å². The first-order valence-electron chi connectivity index (χ1n) is 6.29. The molecule has 1 saturated heterocycles. The first kappa shape index (κ1) is 11.9. The fourth-order valence-electron chi connectivity index (χ4n) is 2.59. The monoisotopic (exact) mass is 226 g/mol. The van der Waals surface area contributed by atoms with Crippen LogP contribution in [0.3, 0.4) is 0 Å². The van der Waals surface area contributed by atoms with Gasteiger partial charge in [0.2, 0.25) is 0 Å². The van der Waals surface area contributed by atoms with E-state index in [4.69, 9.17) is 5.11 Å². The van der Waals surface area contributed by atoms with Gasteiger partial charge in [-0.1, -0.05) is 0 Å². The molecule has 2 aliphatic rings. The predicted octanol–water partition coefficient (Wildman–Crippen LogP) is 0.877. The molecule has 0 aromatic heterocycles. The highest BCUT2D eigenvalue weighted by Crippen LogP contribution is 2.27. The molecule has 0 atom stereocenters. The lowest BCUT2D eigenvalue weighted by Gasteiger charge is -2.33. The summed E-state index contributed by atoms with van der Waals surface area (Å²) in [5.74, 6) is 0.0733. The molecule has 0 radical (unpaired) electrons. The molecule has 0 amide bonds. The third-order valence-corrected chi connectivity index (χ3v) is 3.78. The molecule has 0 aromatic rings. The minimum atomic E-state index is -0.700. The van der Waals surface area contributed by atoms with Crippen molar-refractivity contribution >= 4 is 5.97 Å². The Morgan fingerprint density at radius 1 is 1.31 bits per heavy atom. The van der Waals surface area contributed by atoms with Crippen LogP contribution in [-0.4, -0.2) is 60.1 Å². The maximum Gasteiger partial charge on any atom is 0.317 e. The Labute approximate surface area is 97.2 Å². The lowest BCUT2D eigenvalue weighted by atomic mass is 9.96. The van der Waals surface area contributed by atoms with Gasteiger partial charge in [0.15, 0.2) is 0 Å². The second kappa shape index (κ2) is 5.15. The fourth-order valence-corrected chi connectivity index (χ4v) is 2.59. The van der Waals surface area contributed by atoms with E-state index in [1.165, 1.54) is 19.4 Å². The molecule has 1 saturated carbocycles. The third-order valence-electron chi connectivity index (χ3n) is 3.78. The second-order valence-electron chi connectivity index (χ2n) is 5.28. The van der Waals surface area contributed by atoms with Gasteiger partial charge in [0, 0.05) is 12.6 Å². The molecular formula is C12H22N2O2. The van der Waals surface area contributed by atoms with E-state index in [-0.39, 0.29) is 6.54 Å². The quantitative estimate of drug-likeness (QED) is 0.755. The fraction of sp³-hybridized carbons (Fsp3) is 0.917. The maximum absolute atomic E-state index is 10.6. The van der Waals surface area contributed by atoms with Crippen molar-refractivity contribution in [3.8, 4) is 0 Å². The number of piperidine rings is 1. The van der Waals surface area contributed by atoms with Crippen molar-refractivity contribution in [2.45, 2.75) is 31.7 Å². The molecule has 0 spiro atoms. The largest absolute Gasteiger partial charge is 0.480 e. The molecule has 2 fully saturated rings.